The van der Waals surface area contributed by atoms with E-state index < -0.39 is 32.5 Å². The summed E-state index contributed by atoms with van der Waals surface area (Å²) in [6.07, 6.45) is 81.7. The Balaban J connectivity index is 4.10. The van der Waals surface area contributed by atoms with Crippen LogP contribution in [0.15, 0.2) is 146 Å². The van der Waals surface area contributed by atoms with E-state index in [1.54, 1.807) is 0 Å². The van der Waals surface area contributed by atoms with Gasteiger partial charge >= 0.3 is 19.8 Å². The highest BCUT2D eigenvalue weighted by atomic mass is 31.2. The summed E-state index contributed by atoms with van der Waals surface area (Å²) in [4.78, 5) is 35.2. The molecule has 0 fully saturated rings. The molecular weight excluding hydrogens is 930 g/mol. The molecule has 0 radical (unpaired) electrons. The first-order valence-electron chi connectivity index (χ1n) is 28.3. The van der Waals surface area contributed by atoms with Crippen molar-refractivity contribution < 1.29 is 37.6 Å². The van der Waals surface area contributed by atoms with Crippen molar-refractivity contribution in [1.29, 1.82) is 0 Å². The Morgan fingerprint density at radius 1 is 0.411 bits per heavy atom. The Morgan fingerprint density at radius 2 is 0.712 bits per heavy atom. The highest BCUT2D eigenvalue weighted by Gasteiger charge is 2.26. The van der Waals surface area contributed by atoms with Crippen LogP contribution in [-0.4, -0.2) is 49.3 Å². The van der Waals surface area contributed by atoms with Crippen LogP contribution in [0.25, 0.3) is 0 Å². The molecule has 0 aromatic heterocycles. The van der Waals surface area contributed by atoms with E-state index in [2.05, 4.69) is 160 Å². The van der Waals surface area contributed by atoms with Crippen molar-refractivity contribution in [3.05, 3.63) is 146 Å². The topological polar surface area (TPSA) is 134 Å². The second-order valence-corrected chi connectivity index (χ2v) is 19.5. The molecule has 2 atom stereocenters. The summed E-state index contributed by atoms with van der Waals surface area (Å²) in [6.45, 7) is 3.46. The van der Waals surface area contributed by atoms with Crippen LogP contribution in [-0.2, 0) is 32.7 Å². The van der Waals surface area contributed by atoms with Crippen LogP contribution in [0.2, 0.25) is 0 Å². The van der Waals surface area contributed by atoms with E-state index in [0.717, 1.165) is 128 Å². The van der Waals surface area contributed by atoms with E-state index in [0.29, 0.717) is 12.8 Å². The first kappa shape index (κ1) is 68.9. The zero-order chi connectivity index (χ0) is 53.1. The third-order valence-electron chi connectivity index (χ3n) is 11.2. The third kappa shape index (κ3) is 57.0. The molecule has 0 saturated heterocycles. The molecule has 0 rings (SSSR count). The van der Waals surface area contributed by atoms with E-state index in [1.165, 1.54) is 38.5 Å². The number of carbonyl (C=O) groups is 2. The fourth-order valence-corrected chi connectivity index (χ4v) is 7.88. The summed E-state index contributed by atoms with van der Waals surface area (Å²) in [5.74, 6) is -0.873. The van der Waals surface area contributed by atoms with Crippen LogP contribution >= 0.6 is 7.82 Å². The first-order chi connectivity index (χ1) is 35.8. The third-order valence-corrected chi connectivity index (χ3v) is 12.2. The highest BCUT2D eigenvalue weighted by molar-refractivity contribution is 7.47. The number of ether oxygens (including phenoxy) is 2. The SMILES string of the molecule is CC/C=C\C/C=C\C/C=C\C/C=C\C/C=C\C/C=C\CCCCCCCCCCCCC(=O)OC(COC(=O)CCCCCC/C=C\C/C=C\C/C=C\C/C=C\C/C=C\C/C=C\CC)COP(=O)(O)OCCN. The van der Waals surface area contributed by atoms with Gasteiger partial charge in [-0.2, -0.15) is 0 Å². The molecule has 9 nitrogen and oxygen atoms in total. The van der Waals surface area contributed by atoms with Gasteiger partial charge in [-0.25, -0.2) is 4.57 Å². The van der Waals surface area contributed by atoms with Gasteiger partial charge in [0, 0.05) is 19.4 Å². The van der Waals surface area contributed by atoms with Crippen molar-refractivity contribution in [2.24, 2.45) is 5.73 Å². The van der Waals surface area contributed by atoms with Gasteiger partial charge in [-0.05, 0) is 116 Å². The molecule has 0 aliphatic rings. The minimum absolute atomic E-state index is 0.0404. The lowest BCUT2D eigenvalue weighted by molar-refractivity contribution is -0.161. The van der Waals surface area contributed by atoms with Gasteiger partial charge in [-0.15, -0.1) is 0 Å². The molecule has 0 spiro atoms. The molecule has 10 heteroatoms. The van der Waals surface area contributed by atoms with Crippen LogP contribution in [0.1, 0.15) is 206 Å². The van der Waals surface area contributed by atoms with Crippen LogP contribution in [0.4, 0.5) is 0 Å². The van der Waals surface area contributed by atoms with Crippen molar-refractivity contribution in [3.8, 4) is 0 Å². The Bertz CT molecular complexity index is 1700. The quantitative estimate of drug-likeness (QED) is 0.0264. The zero-order valence-electron chi connectivity index (χ0n) is 45.8. The van der Waals surface area contributed by atoms with Gasteiger partial charge in [0.2, 0.25) is 0 Å². The van der Waals surface area contributed by atoms with E-state index in [9.17, 15) is 19.0 Å². The molecule has 412 valence electrons. The molecule has 2 unspecified atom stereocenters. The number of esters is 2. The lowest BCUT2D eigenvalue weighted by Gasteiger charge is -2.19. The number of unbranched alkanes of at least 4 members (excludes halogenated alkanes) is 14. The summed E-state index contributed by atoms with van der Waals surface area (Å²) in [7, 11) is -4.41. The molecule has 0 aliphatic heterocycles. The fraction of sp³-hybridized carbons (Fsp3) is 0.587. The number of hydrogen-bond donors (Lipinski definition) is 2. The van der Waals surface area contributed by atoms with Gasteiger partial charge in [-0.1, -0.05) is 224 Å². The number of phosphoric acid groups is 1. The van der Waals surface area contributed by atoms with Gasteiger partial charge in [-0.3, -0.25) is 18.6 Å². The maximum absolute atomic E-state index is 12.7. The summed E-state index contributed by atoms with van der Waals surface area (Å²) in [6, 6.07) is 0. The van der Waals surface area contributed by atoms with E-state index in [1.807, 2.05) is 0 Å². The smallest absolute Gasteiger partial charge is 0.462 e. The number of nitrogens with two attached hydrogens (primary N) is 1. The summed E-state index contributed by atoms with van der Waals surface area (Å²) in [5.41, 5.74) is 5.38. The zero-order valence-corrected chi connectivity index (χ0v) is 46.7. The molecule has 0 aliphatic carbocycles. The number of hydrogen-bond acceptors (Lipinski definition) is 8. The molecule has 0 heterocycles. The molecule has 0 bridgehead atoms. The molecule has 0 aromatic rings. The van der Waals surface area contributed by atoms with E-state index in [-0.39, 0.29) is 32.6 Å². The molecular formula is C63H102NO8P. The number of phosphoric ester groups is 1. The molecule has 0 amide bonds. The Morgan fingerprint density at radius 3 is 1.05 bits per heavy atom. The Hall–Kier alpha value is -4.11. The second-order valence-electron chi connectivity index (χ2n) is 18.0. The van der Waals surface area contributed by atoms with Gasteiger partial charge in [0.05, 0.1) is 13.2 Å². The minimum Gasteiger partial charge on any atom is -0.462 e. The van der Waals surface area contributed by atoms with Gasteiger partial charge in [0.1, 0.15) is 6.61 Å². The maximum atomic E-state index is 12.7. The summed E-state index contributed by atoms with van der Waals surface area (Å²) in [5, 5.41) is 0. The van der Waals surface area contributed by atoms with Crippen molar-refractivity contribution in [1.82, 2.24) is 0 Å². The number of carbonyl (C=O) groups excluding carboxylic acids is 2. The summed E-state index contributed by atoms with van der Waals surface area (Å²) >= 11 is 0. The minimum atomic E-state index is -4.41. The van der Waals surface area contributed by atoms with Gasteiger partial charge < -0.3 is 20.1 Å². The molecule has 0 aromatic carbocycles. The van der Waals surface area contributed by atoms with Crippen LogP contribution < -0.4 is 5.73 Å². The van der Waals surface area contributed by atoms with Crippen molar-refractivity contribution in [3.63, 3.8) is 0 Å². The fourth-order valence-electron chi connectivity index (χ4n) is 7.11. The van der Waals surface area contributed by atoms with Crippen molar-refractivity contribution in [2.45, 2.75) is 213 Å². The molecule has 0 saturated carbocycles. The first-order valence-corrected chi connectivity index (χ1v) is 29.8. The average molecular weight is 1030 g/mol. The normalized spacial score (nSPS) is 14.2. The Kier molecular flexibility index (Phi) is 54.0. The van der Waals surface area contributed by atoms with Crippen molar-refractivity contribution >= 4 is 19.8 Å². The van der Waals surface area contributed by atoms with E-state index in [4.69, 9.17) is 24.3 Å². The standard InChI is InChI=1S/C63H102NO8P/c1-3-5-7-9-11-13-15-17-19-21-23-25-27-28-29-30-31-32-34-36-38-40-42-44-46-48-50-52-54-56-63(66)72-61(60-71-73(67,68)70-58-57-64)59-69-62(65)55-53-51-49-47-45-43-41-39-37-35-33-26-24-22-20-18-16-14-12-10-8-6-4-2/h5-8,11-14,17-20,23-26,28-29,31-32,35,37,41,43,61H,3-4,9-10,15-16,21-22,27,30,33-34,36,38-40,42,44-60,64H2,1-2H3,(H,67,68)/b7-5-,8-6-,13-11-,14-12-,19-17-,20-18-,25-23-,26-24-,29-28-,32-31-,37-35-,43-41-. The second kappa shape index (κ2) is 57.2. The predicted molar refractivity (Wildman–Crippen MR) is 311 cm³/mol. The Labute approximate surface area is 446 Å². The number of rotatable bonds is 51. The predicted octanol–water partition coefficient (Wildman–Crippen LogP) is 18.0. The molecule has 73 heavy (non-hydrogen) atoms. The lowest BCUT2D eigenvalue weighted by Crippen LogP contribution is -2.29. The largest absolute Gasteiger partial charge is 0.472 e. The summed E-state index contributed by atoms with van der Waals surface area (Å²) < 4.78 is 33.0. The van der Waals surface area contributed by atoms with Crippen LogP contribution in [0.5, 0.6) is 0 Å². The molecule has 3 N–H and O–H groups in total. The van der Waals surface area contributed by atoms with Crippen molar-refractivity contribution in [2.75, 3.05) is 26.4 Å². The average Bonchev–Trinajstić information content (AvgIpc) is 3.38. The lowest BCUT2D eigenvalue weighted by atomic mass is 10.0. The van der Waals surface area contributed by atoms with Crippen LogP contribution in [0.3, 0.4) is 0 Å². The maximum Gasteiger partial charge on any atom is 0.472 e. The van der Waals surface area contributed by atoms with Crippen LogP contribution in [0, 0.1) is 0 Å². The highest BCUT2D eigenvalue weighted by Crippen LogP contribution is 2.43. The van der Waals surface area contributed by atoms with E-state index >= 15 is 0 Å². The monoisotopic (exact) mass is 1030 g/mol. The van der Waals surface area contributed by atoms with Gasteiger partial charge in [0.25, 0.3) is 0 Å². The van der Waals surface area contributed by atoms with Gasteiger partial charge in [0.15, 0.2) is 6.10 Å². The number of allylic oxidation sites excluding steroid dienone is 24.